The van der Waals surface area contributed by atoms with Crippen molar-refractivity contribution >= 4 is 5.91 Å². The molecule has 4 nitrogen and oxygen atoms in total. The summed E-state index contributed by atoms with van der Waals surface area (Å²) in [5.74, 6) is 0.0350. The highest BCUT2D eigenvalue weighted by Crippen LogP contribution is 2.44. The van der Waals surface area contributed by atoms with Crippen molar-refractivity contribution in [2.75, 3.05) is 19.7 Å². The minimum atomic E-state index is -0.292. The predicted octanol–water partition coefficient (Wildman–Crippen LogP) is -0.111. The van der Waals surface area contributed by atoms with Crippen LogP contribution in [-0.2, 0) is 9.53 Å². The molecule has 2 atom stereocenters. The Balaban J connectivity index is 1.78. The molecule has 0 aromatic heterocycles. The number of hydrogen-bond acceptors (Lipinski definition) is 3. The maximum absolute atomic E-state index is 11.7. The molecule has 0 bridgehead atoms. The van der Waals surface area contributed by atoms with E-state index in [1.807, 2.05) is 0 Å². The molecule has 1 aliphatic heterocycles. The fourth-order valence-electron chi connectivity index (χ4n) is 1.71. The van der Waals surface area contributed by atoms with Gasteiger partial charge in [-0.05, 0) is 11.8 Å². The van der Waals surface area contributed by atoms with E-state index >= 15 is 0 Å². The third kappa shape index (κ3) is 2.07. The molecule has 14 heavy (non-hydrogen) atoms. The summed E-state index contributed by atoms with van der Waals surface area (Å²) in [6, 6.07) is 0.348. The van der Waals surface area contributed by atoms with Crippen molar-refractivity contribution in [2.24, 2.45) is 5.41 Å². The Morgan fingerprint density at radius 1 is 1.57 bits per heavy atom. The number of carbonyl (C=O) groups excluding carboxylic acids is 1. The molecule has 1 saturated carbocycles. The molecule has 0 radical (unpaired) electrons. The van der Waals surface area contributed by atoms with Crippen LogP contribution in [0.1, 0.15) is 20.3 Å². The van der Waals surface area contributed by atoms with E-state index in [-0.39, 0.29) is 17.4 Å². The van der Waals surface area contributed by atoms with Gasteiger partial charge in [-0.3, -0.25) is 4.79 Å². The van der Waals surface area contributed by atoms with E-state index in [0.717, 1.165) is 13.0 Å². The van der Waals surface area contributed by atoms with E-state index in [2.05, 4.69) is 24.5 Å². The number of amides is 1. The second-order valence-electron chi connectivity index (χ2n) is 4.82. The molecule has 2 aliphatic rings. The lowest BCUT2D eigenvalue weighted by atomic mass is 10.2. The van der Waals surface area contributed by atoms with Gasteiger partial charge in [-0.25, -0.2) is 0 Å². The lowest BCUT2D eigenvalue weighted by Crippen LogP contribution is -2.48. The average molecular weight is 198 g/mol. The standard InChI is InChI=1S/C10H18N2O2/c1-10(2)5-8(10)12-9(13)7-6-11-3-4-14-7/h7-8,11H,3-6H2,1-2H3,(H,12,13). The van der Waals surface area contributed by atoms with Gasteiger partial charge in [0.15, 0.2) is 0 Å². The maximum Gasteiger partial charge on any atom is 0.250 e. The second-order valence-corrected chi connectivity index (χ2v) is 4.82. The smallest absolute Gasteiger partial charge is 0.250 e. The molecule has 80 valence electrons. The third-order valence-corrected chi connectivity index (χ3v) is 3.05. The summed E-state index contributed by atoms with van der Waals surface area (Å²) in [4.78, 5) is 11.7. The molecular weight excluding hydrogens is 180 g/mol. The minimum absolute atomic E-state index is 0.0350. The van der Waals surface area contributed by atoms with Gasteiger partial charge in [-0.1, -0.05) is 13.8 Å². The molecule has 2 rings (SSSR count). The number of morpholine rings is 1. The quantitative estimate of drug-likeness (QED) is 0.651. The van der Waals surface area contributed by atoms with E-state index in [1.165, 1.54) is 0 Å². The van der Waals surface area contributed by atoms with Crippen molar-refractivity contribution in [3.8, 4) is 0 Å². The minimum Gasteiger partial charge on any atom is -0.366 e. The number of ether oxygens (including phenoxy) is 1. The molecular formula is C10H18N2O2. The van der Waals surface area contributed by atoms with Gasteiger partial charge in [-0.15, -0.1) is 0 Å². The van der Waals surface area contributed by atoms with E-state index in [4.69, 9.17) is 4.74 Å². The first kappa shape index (κ1) is 9.93. The monoisotopic (exact) mass is 198 g/mol. The maximum atomic E-state index is 11.7. The van der Waals surface area contributed by atoms with Crippen molar-refractivity contribution < 1.29 is 9.53 Å². The largest absolute Gasteiger partial charge is 0.366 e. The van der Waals surface area contributed by atoms with Crippen LogP contribution in [-0.4, -0.2) is 37.7 Å². The second kappa shape index (κ2) is 3.51. The summed E-state index contributed by atoms with van der Waals surface area (Å²) < 4.78 is 5.36. The fourth-order valence-corrected chi connectivity index (χ4v) is 1.71. The number of rotatable bonds is 2. The molecule has 1 heterocycles. The zero-order chi connectivity index (χ0) is 10.2. The molecule has 0 aromatic carbocycles. The molecule has 0 spiro atoms. The van der Waals surface area contributed by atoms with Gasteiger partial charge in [0.25, 0.3) is 5.91 Å². The predicted molar refractivity (Wildman–Crippen MR) is 52.9 cm³/mol. The summed E-state index contributed by atoms with van der Waals surface area (Å²) in [5.41, 5.74) is 0.289. The van der Waals surface area contributed by atoms with Crippen molar-refractivity contribution in [3.63, 3.8) is 0 Å². The molecule has 1 saturated heterocycles. The van der Waals surface area contributed by atoms with Crippen molar-refractivity contribution in [2.45, 2.75) is 32.4 Å². The molecule has 1 amide bonds. The van der Waals surface area contributed by atoms with E-state index in [9.17, 15) is 4.79 Å². The van der Waals surface area contributed by atoms with Crippen LogP contribution in [0.2, 0.25) is 0 Å². The molecule has 0 aromatic rings. The summed E-state index contributed by atoms with van der Waals surface area (Å²) in [6.07, 6.45) is 0.791. The SMILES string of the molecule is CC1(C)CC1NC(=O)C1CNCCO1. The van der Waals surface area contributed by atoms with Crippen molar-refractivity contribution in [1.82, 2.24) is 10.6 Å². The normalized spacial score (nSPS) is 35.0. The van der Waals surface area contributed by atoms with Crippen LogP contribution >= 0.6 is 0 Å². The fraction of sp³-hybridized carbons (Fsp3) is 0.900. The zero-order valence-corrected chi connectivity index (χ0v) is 8.80. The Labute approximate surface area is 84.4 Å². The lowest BCUT2D eigenvalue weighted by Gasteiger charge is -2.23. The van der Waals surface area contributed by atoms with Crippen LogP contribution in [0.5, 0.6) is 0 Å². The lowest BCUT2D eigenvalue weighted by molar-refractivity contribution is -0.134. The Kier molecular flexibility index (Phi) is 2.49. The highest BCUT2D eigenvalue weighted by atomic mass is 16.5. The van der Waals surface area contributed by atoms with Gasteiger partial charge < -0.3 is 15.4 Å². The van der Waals surface area contributed by atoms with Crippen LogP contribution in [0.15, 0.2) is 0 Å². The first-order valence-corrected chi connectivity index (χ1v) is 5.22. The van der Waals surface area contributed by atoms with Gasteiger partial charge in [-0.2, -0.15) is 0 Å². The molecule has 2 unspecified atom stereocenters. The highest BCUT2D eigenvalue weighted by molar-refractivity contribution is 5.81. The summed E-state index contributed by atoms with van der Waals surface area (Å²) >= 11 is 0. The van der Waals surface area contributed by atoms with E-state index in [1.54, 1.807) is 0 Å². The number of carbonyl (C=O) groups is 1. The Bertz CT molecular complexity index is 234. The van der Waals surface area contributed by atoms with Crippen LogP contribution in [0, 0.1) is 5.41 Å². The van der Waals surface area contributed by atoms with Crippen molar-refractivity contribution in [1.29, 1.82) is 0 Å². The van der Waals surface area contributed by atoms with Crippen LogP contribution < -0.4 is 10.6 Å². The van der Waals surface area contributed by atoms with Crippen LogP contribution in [0.25, 0.3) is 0 Å². The van der Waals surface area contributed by atoms with Gasteiger partial charge in [0.2, 0.25) is 0 Å². The Morgan fingerprint density at radius 2 is 2.29 bits per heavy atom. The van der Waals surface area contributed by atoms with Crippen LogP contribution in [0.3, 0.4) is 0 Å². The first-order valence-electron chi connectivity index (χ1n) is 5.22. The Morgan fingerprint density at radius 3 is 2.79 bits per heavy atom. The molecule has 2 N–H and O–H groups in total. The van der Waals surface area contributed by atoms with Crippen molar-refractivity contribution in [3.05, 3.63) is 0 Å². The summed E-state index contributed by atoms with van der Waals surface area (Å²) in [5, 5.41) is 6.15. The first-order chi connectivity index (χ1) is 6.59. The third-order valence-electron chi connectivity index (χ3n) is 3.05. The average Bonchev–Trinajstić information content (AvgIpc) is 2.75. The van der Waals surface area contributed by atoms with Gasteiger partial charge in [0.05, 0.1) is 6.61 Å². The molecule has 2 fully saturated rings. The van der Waals surface area contributed by atoms with Crippen LogP contribution in [0.4, 0.5) is 0 Å². The van der Waals surface area contributed by atoms with E-state index < -0.39 is 0 Å². The topological polar surface area (TPSA) is 50.4 Å². The summed E-state index contributed by atoms with van der Waals surface area (Å²) in [7, 11) is 0. The molecule has 1 aliphatic carbocycles. The Hall–Kier alpha value is -0.610. The molecule has 4 heteroatoms. The van der Waals surface area contributed by atoms with E-state index in [0.29, 0.717) is 19.2 Å². The van der Waals surface area contributed by atoms with Gasteiger partial charge in [0, 0.05) is 19.1 Å². The zero-order valence-electron chi connectivity index (χ0n) is 8.80. The number of hydrogen-bond donors (Lipinski definition) is 2. The summed E-state index contributed by atoms with van der Waals surface area (Å²) in [6.45, 7) is 6.44. The number of nitrogens with one attached hydrogen (secondary N) is 2. The van der Waals surface area contributed by atoms with Gasteiger partial charge >= 0.3 is 0 Å². The highest BCUT2D eigenvalue weighted by Gasteiger charge is 2.47. The van der Waals surface area contributed by atoms with Gasteiger partial charge in [0.1, 0.15) is 6.10 Å².